The van der Waals surface area contributed by atoms with Gasteiger partial charge in [-0.3, -0.25) is 19.2 Å². The van der Waals surface area contributed by atoms with Gasteiger partial charge in [0.2, 0.25) is 17.7 Å². The minimum Gasteiger partial charge on any atom is -0.508 e. The molecule has 1 heterocycles. The number of amides is 3. The van der Waals surface area contributed by atoms with Crippen LogP contribution in [0.5, 0.6) is 5.75 Å². The number of aryl methyl sites for hydroxylation is 1. The van der Waals surface area contributed by atoms with Crippen LogP contribution in [0.1, 0.15) is 44.2 Å². The third-order valence-electron chi connectivity index (χ3n) is 6.15. The quantitative estimate of drug-likeness (QED) is 0.214. The van der Waals surface area contributed by atoms with Crippen molar-refractivity contribution in [2.45, 2.75) is 58.5 Å². The van der Waals surface area contributed by atoms with E-state index in [2.05, 4.69) is 16.0 Å². The number of phenols is 1. The Morgan fingerprint density at radius 2 is 1.60 bits per heavy atom. The van der Waals surface area contributed by atoms with Crippen LogP contribution in [-0.4, -0.2) is 46.0 Å². The summed E-state index contributed by atoms with van der Waals surface area (Å²) in [6, 6.07) is 10.3. The minimum absolute atomic E-state index is 0.00983. The topological polar surface area (TPSA) is 175 Å². The lowest BCUT2D eigenvalue weighted by atomic mass is 10.0. The number of hydrogen-bond acceptors (Lipinski definition) is 7. The molecule has 0 aliphatic rings. The predicted molar refractivity (Wildman–Crippen MR) is 148 cm³/mol. The van der Waals surface area contributed by atoms with Gasteiger partial charge in [0.1, 0.15) is 23.4 Å². The molecule has 5 N–H and O–H groups in total. The molecule has 0 radical (unpaired) electrons. The van der Waals surface area contributed by atoms with Crippen molar-refractivity contribution in [3.05, 3.63) is 70.1 Å². The molecule has 0 aliphatic heterocycles. The molecule has 0 unspecified atom stereocenters. The Labute approximate surface area is 230 Å². The lowest BCUT2D eigenvalue weighted by Gasteiger charge is -2.24. The van der Waals surface area contributed by atoms with Crippen LogP contribution < -0.4 is 21.6 Å². The monoisotopic (exact) mass is 551 g/mol. The van der Waals surface area contributed by atoms with Crippen LogP contribution in [0.3, 0.4) is 0 Å². The van der Waals surface area contributed by atoms with Gasteiger partial charge in [0.05, 0.1) is 6.42 Å². The highest BCUT2D eigenvalue weighted by molar-refractivity contribution is 5.99. The van der Waals surface area contributed by atoms with Crippen LogP contribution in [0.15, 0.2) is 57.7 Å². The number of benzene rings is 2. The highest BCUT2D eigenvalue weighted by Crippen LogP contribution is 2.21. The molecule has 212 valence electrons. The van der Waals surface area contributed by atoms with Gasteiger partial charge in [0, 0.05) is 36.0 Å². The largest absolute Gasteiger partial charge is 0.508 e. The van der Waals surface area contributed by atoms with Gasteiger partial charge < -0.3 is 30.6 Å². The number of aromatic hydroxyl groups is 1. The van der Waals surface area contributed by atoms with E-state index in [0.717, 1.165) is 5.56 Å². The van der Waals surface area contributed by atoms with Crippen LogP contribution in [0.2, 0.25) is 0 Å². The predicted octanol–water partition coefficient (Wildman–Crippen LogP) is 2.87. The number of aliphatic carboxylic acids is 1. The van der Waals surface area contributed by atoms with Crippen LogP contribution in [0, 0.1) is 12.8 Å². The van der Waals surface area contributed by atoms with Gasteiger partial charge in [-0.05, 0) is 54.7 Å². The van der Waals surface area contributed by atoms with E-state index in [1.54, 1.807) is 31.2 Å². The molecule has 3 aromatic rings. The fraction of sp³-hybridized carbons (Fsp3) is 0.345. The van der Waals surface area contributed by atoms with Crippen molar-refractivity contribution in [2.24, 2.45) is 5.92 Å². The molecule has 0 fully saturated rings. The molecule has 11 nitrogen and oxygen atoms in total. The zero-order chi connectivity index (χ0) is 29.4. The third-order valence-corrected chi connectivity index (χ3v) is 6.15. The van der Waals surface area contributed by atoms with Crippen LogP contribution in [-0.2, 0) is 25.6 Å². The van der Waals surface area contributed by atoms with Gasteiger partial charge in [-0.25, -0.2) is 4.79 Å². The molecule has 2 aromatic carbocycles. The number of anilines is 1. The zero-order valence-electron chi connectivity index (χ0n) is 22.5. The molecular weight excluding hydrogens is 518 g/mol. The summed E-state index contributed by atoms with van der Waals surface area (Å²) in [6.07, 6.45) is -0.326. The van der Waals surface area contributed by atoms with Crippen molar-refractivity contribution in [3.8, 4) is 5.75 Å². The molecule has 0 bridgehead atoms. The van der Waals surface area contributed by atoms with E-state index < -0.39 is 41.4 Å². The second-order valence-electron chi connectivity index (χ2n) is 10.0. The molecule has 3 rings (SSSR count). The first-order valence-electron chi connectivity index (χ1n) is 12.9. The second-order valence-corrected chi connectivity index (χ2v) is 10.0. The second kappa shape index (κ2) is 13.4. The van der Waals surface area contributed by atoms with Crippen molar-refractivity contribution >= 4 is 40.3 Å². The summed E-state index contributed by atoms with van der Waals surface area (Å²) in [4.78, 5) is 61.6. The molecular formula is C29H33N3O8. The molecule has 11 heteroatoms. The number of carboxylic acids is 1. The van der Waals surface area contributed by atoms with E-state index in [9.17, 15) is 29.1 Å². The SMILES string of the molecule is Cc1cc(=O)oc2cc(NC(=O)[C@@H](Cc3ccc(O)cc3)NC(=O)[C@H](CC(C)C)NC(=O)CCC(=O)O)ccc12. The zero-order valence-corrected chi connectivity index (χ0v) is 22.5. The van der Waals surface area contributed by atoms with E-state index in [1.165, 1.54) is 24.3 Å². The molecule has 0 saturated carbocycles. The minimum atomic E-state index is -1.13. The van der Waals surface area contributed by atoms with Gasteiger partial charge in [0.25, 0.3) is 0 Å². The Morgan fingerprint density at radius 3 is 2.25 bits per heavy atom. The summed E-state index contributed by atoms with van der Waals surface area (Å²) < 4.78 is 5.26. The van der Waals surface area contributed by atoms with Crippen LogP contribution in [0.25, 0.3) is 11.0 Å². The number of phenolic OH excluding ortho intramolecular Hbond substituents is 1. The first kappa shape index (κ1) is 29.9. The van der Waals surface area contributed by atoms with Gasteiger partial charge in [-0.15, -0.1) is 0 Å². The molecule has 0 saturated heterocycles. The highest BCUT2D eigenvalue weighted by atomic mass is 16.4. The molecule has 1 aromatic heterocycles. The first-order valence-corrected chi connectivity index (χ1v) is 12.9. The number of rotatable bonds is 12. The van der Waals surface area contributed by atoms with E-state index in [0.29, 0.717) is 22.2 Å². The lowest BCUT2D eigenvalue weighted by Crippen LogP contribution is -2.53. The summed E-state index contributed by atoms with van der Waals surface area (Å²) in [5, 5.41) is 27.2. The number of carbonyl (C=O) groups excluding carboxylic acids is 3. The average molecular weight is 552 g/mol. The van der Waals surface area contributed by atoms with Crippen molar-refractivity contribution in [1.29, 1.82) is 0 Å². The number of hydrogen-bond donors (Lipinski definition) is 5. The van der Waals surface area contributed by atoms with Gasteiger partial charge in [0.15, 0.2) is 0 Å². The van der Waals surface area contributed by atoms with E-state index >= 15 is 0 Å². The number of fused-ring (bicyclic) bond motifs is 1. The van der Waals surface area contributed by atoms with Crippen LogP contribution in [0.4, 0.5) is 5.69 Å². The van der Waals surface area contributed by atoms with E-state index in [1.807, 2.05) is 13.8 Å². The summed E-state index contributed by atoms with van der Waals surface area (Å²) in [7, 11) is 0. The number of nitrogens with one attached hydrogen (secondary N) is 3. The Balaban J connectivity index is 1.84. The molecule has 3 amide bonds. The van der Waals surface area contributed by atoms with Crippen molar-refractivity contribution < 1.29 is 33.8 Å². The summed E-state index contributed by atoms with van der Waals surface area (Å²) in [6.45, 7) is 5.50. The fourth-order valence-corrected chi connectivity index (χ4v) is 4.17. The standard InChI is InChI=1S/C29H33N3O8/c1-16(2)12-22(31-25(34)10-11-26(35)36)29(39)32-23(14-18-4-7-20(33)8-5-18)28(38)30-19-6-9-21-17(3)13-27(37)40-24(21)15-19/h4-9,13,15-16,22-23,33H,10-12,14H2,1-3H3,(H,30,38)(H,31,34)(H,32,39)(H,35,36)/t22-,23+/m0/s1. The summed E-state index contributed by atoms with van der Waals surface area (Å²) in [5.74, 6) is -2.82. The Bertz CT molecular complexity index is 1450. The molecule has 0 spiro atoms. The van der Waals surface area contributed by atoms with E-state index in [-0.39, 0.29) is 37.4 Å². The average Bonchev–Trinajstić information content (AvgIpc) is 2.87. The molecule has 0 aliphatic carbocycles. The van der Waals surface area contributed by atoms with Crippen molar-refractivity contribution in [1.82, 2.24) is 10.6 Å². The van der Waals surface area contributed by atoms with Gasteiger partial charge in [-0.2, -0.15) is 0 Å². The summed E-state index contributed by atoms with van der Waals surface area (Å²) >= 11 is 0. The van der Waals surface area contributed by atoms with Gasteiger partial charge >= 0.3 is 11.6 Å². The maximum Gasteiger partial charge on any atom is 0.336 e. The first-order chi connectivity index (χ1) is 18.9. The van der Waals surface area contributed by atoms with Crippen molar-refractivity contribution in [2.75, 3.05) is 5.32 Å². The number of carboxylic acid groups (broad SMARTS) is 1. The van der Waals surface area contributed by atoms with E-state index in [4.69, 9.17) is 9.52 Å². The maximum absolute atomic E-state index is 13.4. The number of carbonyl (C=O) groups is 4. The molecule has 2 atom stereocenters. The maximum atomic E-state index is 13.4. The Morgan fingerprint density at radius 1 is 0.900 bits per heavy atom. The van der Waals surface area contributed by atoms with Crippen LogP contribution >= 0.6 is 0 Å². The summed E-state index contributed by atoms with van der Waals surface area (Å²) in [5.41, 5.74) is 1.50. The highest BCUT2D eigenvalue weighted by Gasteiger charge is 2.28. The molecule has 40 heavy (non-hydrogen) atoms. The lowest BCUT2D eigenvalue weighted by molar-refractivity contribution is -0.139. The fourth-order valence-electron chi connectivity index (χ4n) is 4.17. The van der Waals surface area contributed by atoms with Crippen molar-refractivity contribution in [3.63, 3.8) is 0 Å². The Hall–Kier alpha value is -4.67. The normalized spacial score (nSPS) is 12.5. The van der Waals surface area contributed by atoms with Gasteiger partial charge in [-0.1, -0.05) is 26.0 Å². The third kappa shape index (κ3) is 8.69. The Kier molecular flexibility index (Phi) is 10.0. The smallest absolute Gasteiger partial charge is 0.336 e.